The number of alkyl halides is 4. The lowest BCUT2D eigenvalue weighted by molar-refractivity contribution is -0.276. The van der Waals surface area contributed by atoms with Gasteiger partial charge in [0.2, 0.25) is 5.88 Å². The van der Waals surface area contributed by atoms with Crippen LogP contribution in [0.4, 0.5) is 13.2 Å². The number of carbonyl (C=O) groups is 1. The van der Waals surface area contributed by atoms with Gasteiger partial charge in [-0.1, -0.05) is 0 Å². The van der Waals surface area contributed by atoms with Crippen molar-refractivity contribution in [2.24, 2.45) is 0 Å². The maximum absolute atomic E-state index is 12.3. The summed E-state index contributed by atoms with van der Waals surface area (Å²) < 4.78 is 50.2. The van der Waals surface area contributed by atoms with Crippen LogP contribution in [0.1, 0.15) is 22.8 Å². The topological polar surface area (TPSA) is 57.7 Å². The molecular weight excluding hydrogens is 303 g/mol. The van der Waals surface area contributed by atoms with Crippen molar-refractivity contribution in [2.75, 3.05) is 13.7 Å². The second-order valence-electron chi connectivity index (χ2n) is 3.39. The van der Waals surface area contributed by atoms with Crippen molar-refractivity contribution >= 4 is 17.6 Å². The lowest BCUT2D eigenvalue weighted by atomic mass is 10.1. The minimum absolute atomic E-state index is 0.0432. The summed E-state index contributed by atoms with van der Waals surface area (Å²) >= 11 is 5.59. The van der Waals surface area contributed by atoms with Gasteiger partial charge in [0, 0.05) is 5.56 Å². The number of ether oxygens (including phenoxy) is 3. The fraction of sp³-hybridized carbons (Fsp3) is 0.455. The average Bonchev–Trinajstić information content (AvgIpc) is 2.36. The molecule has 0 amide bonds. The van der Waals surface area contributed by atoms with E-state index in [9.17, 15) is 18.0 Å². The monoisotopic (exact) mass is 313 g/mol. The Kier molecular flexibility index (Phi) is 5.43. The predicted molar refractivity (Wildman–Crippen MR) is 63.0 cm³/mol. The number of methoxy groups -OCH3 is 1. The summed E-state index contributed by atoms with van der Waals surface area (Å²) in [7, 11) is 1.24. The molecule has 20 heavy (non-hydrogen) atoms. The van der Waals surface area contributed by atoms with Crippen LogP contribution in [-0.2, 0) is 10.6 Å². The van der Waals surface area contributed by atoms with E-state index in [1.807, 2.05) is 0 Å². The Hall–Kier alpha value is -1.70. The molecule has 1 rings (SSSR count). The molecule has 0 fully saturated rings. The van der Waals surface area contributed by atoms with Gasteiger partial charge >= 0.3 is 12.3 Å². The Morgan fingerprint density at radius 1 is 1.45 bits per heavy atom. The van der Waals surface area contributed by atoms with Crippen molar-refractivity contribution < 1.29 is 32.2 Å². The summed E-state index contributed by atoms with van der Waals surface area (Å²) in [5, 5.41) is 0. The summed E-state index contributed by atoms with van der Waals surface area (Å²) in [6.45, 7) is 1.60. The van der Waals surface area contributed by atoms with Crippen LogP contribution in [0.15, 0.2) is 6.20 Å². The number of hydrogen-bond donors (Lipinski definition) is 0. The van der Waals surface area contributed by atoms with Crippen LogP contribution in [0.25, 0.3) is 0 Å². The summed E-state index contributed by atoms with van der Waals surface area (Å²) in [6, 6.07) is 0. The third-order valence-electron chi connectivity index (χ3n) is 2.15. The van der Waals surface area contributed by atoms with E-state index in [1.165, 1.54) is 7.11 Å². The first kappa shape index (κ1) is 16.4. The van der Waals surface area contributed by atoms with Gasteiger partial charge in [0.15, 0.2) is 5.75 Å². The molecule has 0 spiro atoms. The summed E-state index contributed by atoms with van der Waals surface area (Å²) in [5.41, 5.74) is -0.486. The molecule has 0 radical (unpaired) electrons. The quantitative estimate of drug-likeness (QED) is 0.618. The van der Waals surface area contributed by atoms with Crippen molar-refractivity contribution in [1.82, 2.24) is 4.98 Å². The van der Waals surface area contributed by atoms with Crippen LogP contribution in [-0.4, -0.2) is 31.0 Å². The van der Waals surface area contributed by atoms with Crippen molar-refractivity contribution in [2.45, 2.75) is 19.2 Å². The fourth-order valence-electron chi connectivity index (χ4n) is 1.42. The first-order valence-electron chi connectivity index (χ1n) is 5.38. The highest BCUT2D eigenvalue weighted by Gasteiger charge is 2.34. The van der Waals surface area contributed by atoms with Crippen molar-refractivity contribution in [3.05, 3.63) is 17.3 Å². The van der Waals surface area contributed by atoms with E-state index in [2.05, 4.69) is 9.72 Å². The minimum atomic E-state index is -4.95. The Morgan fingerprint density at radius 3 is 2.55 bits per heavy atom. The van der Waals surface area contributed by atoms with Gasteiger partial charge in [0.05, 0.1) is 25.8 Å². The molecule has 0 aromatic carbocycles. The van der Waals surface area contributed by atoms with Gasteiger partial charge < -0.3 is 14.2 Å². The Labute approximate surface area is 117 Å². The molecule has 0 saturated carbocycles. The molecular formula is C11H11ClF3NO4. The smallest absolute Gasteiger partial charge is 0.494 e. The molecule has 0 unspecified atom stereocenters. The number of hydrogen-bond acceptors (Lipinski definition) is 5. The van der Waals surface area contributed by atoms with E-state index in [4.69, 9.17) is 21.1 Å². The summed E-state index contributed by atoms with van der Waals surface area (Å²) in [6.07, 6.45) is -4.02. The molecule has 0 atom stereocenters. The van der Waals surface area contributed by atoms with E-state index >= 15 is 0 Å². The van der Waals surface area contributed by atoms with Gasteiger partial charge in [-0.2, -0.15) is 0 Å². The number of rotatable bonds is 5. The van der Waals surface area contributed by atoms with E-state index < -0.39 is 24.1 Å². The Bertz CT molecular complexity index is 493. The number of carbonyl (C=O) groups excluding carboxylic acids is 1. The molecule has 0 aliphatic rings. The van der Waals surface area contributed by atoms with Crippen LogP contribution < -0.4 is 9.47 Å². The molecule has 1 heterocycles. The zero-order valence-corrected chi connectivity index (χ0v) is 11.3. The van der Waals surface area contributed by atoms with Gasteiger partial charge in [-0.05, 0) is 6.92 Å². The minimum Gasteiger partial charge on any atom is -0.494 e. The third kappa shape index (κ3) is 3.89. The predicted octanol–water partition coefficient (Wildman–Crippen LogP) is 2.90. The largest absolute Gasteiger partial charge is 0.574 e. The normalized spacial score (nSPS) is 11.1. The number of aromatic nitrogens is 1. The molecule has 0 bridgehead atoms. The zero-order valence-electron chi connectivity index (χ0n) is 10.6. The second-order valence-corrected chi connectivity index (χ2v) is 3.65. The lowest BCUT2D eigenvalue weighted by Crippen LogP contribution is -2.20. The van der Waals surface area contributed by atoms with Crippen molar-refractivity contribution in [3.63, 3.8) is 0 Å². The van der Waals surface area contributed by atoms with Crippen LogP contribution in [0, 0.1) is 0 Å². The van der Waals surface area contributed by atoms with Crippen molar-refractivity contribution in [3.8, 4) is 11.6 Å². The van der Waals surface area contributed by atoms with E-state index in [1.54, 1.807) is 6.92 Å². The third-order valence-corrected chi connectivity index (χ3v) is 2.42. The number of nitrogens with zero attached hydrogens (tertiary/aromatic N) is 1. The summed E-state index contributed by atoms with van der Waals surface area (Å²) in [4.78, 5) is 15.2. The van der Waals surface area contributed by atoms with Crippen LogP contribution in [0.3, 0.4) is 0 Å². The van der Waals surface area contributed by atoms with E-state index in [-0.39, 0.29) is 23.5 Å². The molecule has 5 nitrogen and oxygen atoms in total. The van der Waals surface area contributed by atoms with Gasteiger partial charge in [0.25, 0.3) is 0 Å². The Balaban J connectivity index is 3.36. The number of halogens is 4. The molecule has 0 aliphatic carbocycles. The van der Waals surface area contributed by atoms with Gasteiger partial charge in [-0.3, -0.25) is 0 Å². The number of esters is 1. The maximum Gasteiger partial charge on any atom is 0.574 e. The molecule has 112 valence electrons. The highest BCUT2D eigenvalue weighted by atomic mass is 35.5. The van der Waals surface area contributed by atoms with Gasteiger partial charge in [-0.25, -0.2) is 9.78 Å². The first-order valence-corrected chi connectivity index (χ1v) is 5.92. The molecule has 1 aromatic heterocycles. The van der Waals surface area contributed by atoms with Crippen LogP contribution in [0.5, 0.6) is 11.6 Å². The van der Waals surface area contributed by atoms with Gasteiger partial charge in [-0.15, -0.1) is 24.8 Å². The highest BCUT2D eigenvalue weighted by molar-refractivity contribution is 6.18. The highest BCUT2D eigenvalue weighted by Crippen LogP contribution is 2.33. The first-order chi connectivity index (χ1) is 9.34. The lowest BCUT2D eigenvalue weighted by Gasteiger charge is -2.15. The fourth-order valence-corrected chi connectivity index (χ4v) is 1.67. The standard InChI is InChI=1S/C11H11ClF3NO4/c1-3-19-10(17)8-6(4-12)9(20-11(13,14)15)16-5-7(8)18-2/h5H,3-4H2,1-2H3. The molecule has 0 aliphatic heterocycles. The average molecular weight is 314 g/mol. The van der Waals surface area contributed by atoms with Crippen LogP contribution >= 0.6 is 11.6 Å². The summed E-state index contributed by atoms with van der Waals surface area (Å²) in [5.74, 6) is -2.15. The van der Waals surface area contributed by atoms with Crippen molar-refractivity contribution in [1.29, 1.82) is 0 Å². The SMILES string of the molecule is CCOC(=O)c1c(OC)cnc(OC(F)(F)F)c1CCl. The molecule has 0 saturated heterocycles. The number of pyridine rings is 1. The molecule has 1 aromatic rings. The molecule has 9 heteroatoms. The van der Waals surface area contributed by atoms with Gasteiger partial charge in [0.1, 0.15) is 5.56 Å². The Morgan fingerprint density at radius 2 is 2.10 bits per heavy atom. The maximum atomic E-state index is 12.3. The second kappa shape index (κ2) is 6.65. The van der Waals surface area contributed by atoms with Crippen LogP contribution in [0.2, 0.25) is 0 Å². The zero-order chi connectivity index (χ0) is 15.3. The van der Waals surface area contributed by atoms with E-state index in [0.29, 0.717) is 0 Å². The van der Waals surface area contributed by atoms with E-state index in [0.717, 1.165) is 6.20 Å². The molecule has 0 N–H and O–H groups in total.